The lowest BCUT2D eigenvalue weighted by Crippen LogP contribution is -2.45. The number of ether oxygens (including phenoxy) is 2. The number of nitrogens with zero attached hydrogens (tertiary/aromatic N) is 6. The van der Waals surface area contributed by atoms with Gasteiger partial charge in [0, 0.05) is 17.7 Å². The van der Waals surface area contributed by atoms with Crippen molar-refractivity contribution in [1.29, 1.82) is 0 Å². The molecule has 3 heterocycles. The van der Waals surface area contributed by atoms with Crippen LogP contribution in [-0.2, 0) is 4.74 Å². The van der Waals surface area contributed by atoms with Gasteiger partial charge in [0.2, 0.25) is 0 Å². The third-order valence-corrected chi connectivity index (χ3v) is 6.23. The molecule has 1 aliphatic heterocycles. The first-order valence-electron chi connectivity index (χ1n) is 11.9. The fourth-order valence-electron chi connectivity index (χ4n) is 4.43. The zero-order valence-electron chi connectivity index (χ0n) is 20.4. The summed E-state index contributed by atoms with van der Waals surface area (Å²) < 4.78 is 55.6. The van der Waals surface area contributed by atoms with Gasteiger partial charge in [-0.2, -0.15) is 0 Å². The SMILES string of the molecule is CC(C)Oc1ccc(-n2cnnc2C2CC(n3cc(-c4cc(F)c(F)c(F)c4)nn3)C(O)C(CO)O2)cc1. The second-order valence-electron chi connectivity index (χ2n) is 9.20. The van der Waals surface area contributed by atoms with Gasteiger partial charge in [-0.05, 0) is 50.2 Å². The monoisotopic (exact) mass is 530 g/mol. The maximum Gasteiger partial charge on any atom is 0.194 e. The molecule has 200 valence electrons. The molecule has 2 aromatic heterocycles. The van der Waals surface area contributed by atoms with Gasteiger partial charge in [0.25, 0.3) is 0 Å². The predicted molar refractivity (Wildman–Crippen MR) is 127 cm³/mol. The van der Waals surface area contributed by atoms with Crippen LogP contribution in [-0.4, -0.2) is 64.9 Å². The van der Waals surface area contributed by atoms with Crippen molar-refractivity contribution in [2.75, 3.05) is 6.61 Å². The molecule has 0 bridgehead atoms. The van der Waals surface area contributed by atoms with Crippen molar-refractivity contribution < 1.29 is 32.9 Å². The molecule has 13 heteroatoms. The van der Waals surface area contributed by atoms with Crippen LogP contribution in [0.1, 0.15) is 38.2 Å². The molecular formula is C25H25F3N6O4. The van der Waals surface area contributed by atoms with Gasteiger partial charge >= 0.3 is 0 Å². The van der Waals surface area contributed by atoms with E-state index in [1.54, 1.807) is 4.57 Å². The Bertz CT molecular complexity index is 1390. The molecule has 1 fully saturated rings. The number of aliphatic hydroxyl groups excluding tert-OH is 2. The summed E-state index contributed by atoms with van der Waals surface area (Å²) in [5.74, 6) is -3.16. The summed E-state index contributed by atoms with van der Waals surface area (Å²) in [7, 11) is 0. The van der Waals surface area contributed by atoms with Crippen LogP contribution < -0.4 is 4.74 Å². The number of benzene rings is 2. The normalized spacial score (nSPS) is 21.7. The molecule has 2 aromatic carbocycles. The number of rotatable bonds is 7. The zero-order valence-corrected chi connectivity index (χ0v) is 20.4. The van der Waals surface area contributed by atoms with Crippen LogP contribution >= 0.6 is 0 Å². The summed E-state index contributed by atoms with van der Waals surface area (Å²) in [6.07, 6.45) is 0.225. The Morgan fingerprint density at radius 3 is 2.47 bits per heavy atom. The second kappa shape index (κ2) is 10.5. The molecule has 4 aromatic rings. The highest BCUT2D eigenvalue weighted by Crippen LogP contribution is 2.38. The van der Waals surface area contributed by atoms with Crippen molar-refractivity contribution in [1.82, 2.24) is 29.8 Å². The van der Waals surface area contributed by atoms with Crippen molar-refractivity contribution in [3.63, 3.8) is 0 Å². The summed E-state index contributed by atoms with van der Waals surface area (Å²) in [5.41, 5.74) is 0.802. The predicted octanol–water partition coefficient (Wildman–Crippen LogP) is 3.15. The lowest BCUT2D eigenvalue weighted by Gasteiger charge is -2.38. The number of hydrogen-bond acceptors (Lipinski definition) is 8. The number of hydrogen-bond donors (Lipinski definition) is 2. The van der Waals surface area contributed by atoms with E-state index >= 15 is 0 Å². The number of halogens is 3. The van der Waals surface area contributed by atoms with E-state index in [-0.39, 0.29) is 23.8 Å². The summed E-state index contributed by atoms with van der Waals surface area (Å²) in [4.78, 5) is 0. The molecule has 0 spiro atoms. The van der Waals surface area contributed by atoms with Crippen molar-refractivity contribution >= 4 is 0 Å². The molecule has 4 unspecified atom stereocenters. The molecule has 5 rings (SSSR count). The van der Waals surface area contributed by atoms with Crippen molar-refractivity contribution in [2.24, 2.45) is 0 Å². The fraction of sp³-hybridized carbons (Fsp3) is 0.360. The molecule has 1 saturated heterocycles. The summed E-state index contributed by atoms with van der Waals surface area (Å²) in [6.45, 7) is 3.38. The van der Waals surface area contributed by atoms with Crippen LogP contribution in [0.4, 0.5) is 13.2 Å². The Hall–Kier alpha value is -3.81. The molecule has 2 N–H and O–H groups in total. The van der Waals surface area contributed by atoms with Crippen molar-refractivity contribution in [3.05, 3.63) is 72.2 Å². The average Bonchev–Trinajstić information content (AvgIpc) is 3.58. The lowest BCUT2D eigenvalue weighted by molar-refractivity contribution is -0.161. The molecule has 4 atom stereocenters. The first-order chi connectivity index (χ1) is 18.2. The molecule has 0 saturated carbocycles. The van der Waals surface area contributed by atoms with E-state index in [9.17, 15) is 23.4 Å². The van der Waals surface area contributed by atoms with Crippen molar-refractivity contribution in [3.8, 4) is 22.7 Å². The highest BCUT2D eigenvalue weighted by Gasteiger charge is 2.41. The second-order valence-corrected chi connectivity index (χ2v) is 9.20. The van der Waals surface area contributed by atoms with E-state index in [0.717, 1.165) is 17.8 Å². The Balaban J connectivity index is 1.43. The van der Waals surface area contributed by atoms with Crippen LogP contribution in [0.5, 0.6) is 5.75 Å². The molecule has 0 aliphatic carbocycles. The average molecular weight is 531 g/mol. The van der Waals surface area contributed by atoms with Gasteiger partial charge in [0.05, 0.1) is 24.9 Å². The van der Waals surface area contributed by atoms with Gasteiger partial charge in [0.1, 0.15) is 36.1 Å². The first-order valence-corrected chi connectivity index (χ1v) is 11.9. The largest absolute Gasteiger partial charge is 0.491 e. The van der Waals surface area contributed by atoms with Gasteiger partial charge in [-0.3, -0.25) is 4.57 Å². The maximum atomic E-state index is 13.7. The highest BCUT2D eigenvalue weighted by atomic mass is 19.2. The number of aliphatic hydroxyl groups is 2. The third-order valence-electron chi connectivity index (χ3n) is 6.23. The first kappa shape index (κ1) is 25.8. The van der Waals surface area contributed by atoms with E-state index in [1.807, 2.05) is 38.1 Å². The van der Waals surface area contributed by atoms with Crippen molar-refractivity contribution in [2.45, 2.75) is 50.7 Å². The lowest BCUT2D eigenvalue weighted by atomic mass is 9.95. The van der Waals surface area contributed by atoms with E-state index in [1.165, 1.54) is 17.2 Å². The van der Waals surface area contributed by atoms with Crippen LogP contribution in [0.25, 0.3) is 16.9 Å². The third kappa shape index (κ3) is 4.99. The van der Waals surface area contributed by atoms with Gasteiger partial charge < -0.3 is 19.7 Å². The Morgan fingerprint density at radius 1 is 1.11 bits per heavy atom. The van der Waals surface area contributed by atoms with Gasteiger partial charge in [0.15, 0.2) is 23.3 Å². The quantitative estimate of drug-likeness (QED) is 0.350. The molecule has 10 nitrogen and oxygen atoms in total. The minimum atomic E-state index is -1.58. The molecule has 38 heavy (non-hydrogen) atoms. The Morgan fingerprint density at radius 2 is 1.82 bits per heavy atom. The van der Waals surface area contributed by atoms with Crippen LogP contribution in [0, 0.1) is 17.5 Å². The highest BCUT2D eigenvalue weighted by molar-refractivity contribution is 5.58. The minimum absolute atomic E-state index is 0.0194. The van der Waals surface area contributed by atoms with E-state index in [0.29, 0.717) is 11.6 Å². The smallest absolute Gasteiger partial charge is 0.194 e. The maximum absolute atomic E-state index is 13.7. The summed E-state index contributed by atoms with van der Waals surface area (Å²) in [6, 6.07) is 8.21. The van der Waals surface area contributed by atoms with Crippen LogP contribution in [0.3, 0.4) is 0 Å². The standard InChI is InChI=1S/C25H25F3N6O4/c1-13(2)37-16-5-3-15(4-6-16)33-12-29-31-25(33)21-9-20(24(36)22(11-35)38-21)34-10-19(30-32-34)14-7-17(26)23(28)18(27)8-14/h3-8,10,12-13,20-22,24,35-36H,9,11H2,1-2H3. The topological polar surface area (TPSA) is 120 Å². The summed E-state index contributed by atoms with van der Waals surface area (Å²) >= 11 is 0. The molecule has 0 amide bonds. The molecule has 1 aliphatic rings. The van der Waals surface area contributed by atoms with Gasteiger partial charge in [-0.1, -0.05) is 5.21 Å². The fourth-order valence-corrected chi connectivity index (χ4v) is 4.43. The Labute approximate surface area is 215 Å². The van der Waals surface area contributed by atoms with Crippen LogP contribution in [0.15, 0.2) is 48.9 Å². The van der Waals surface area contributed by atoms with E-state index < -0.39 is 48.4 Å². The molecular weight excluding hydrogens is 505 g/mol. The number of aromatic nitrogens is 6. The van der Waals surface area contributed by atoms with E-state index in [2.05, 4.69) is 20.5 Å². The van der Waals surface area contributed by atoms with Gasteiger partial charge in [-0.25, -0.2) is 17.9 Å². The van der Waals surface area contributed by atoms with E-state index in [4.69, 9.17) is 9.47 Å². The Kier molecular flexibility index (Phi) is 7.15. The molecule has 0 radical (unpaired) electrons. The zero-order chi connectivity index (χ0) is 27.0. The van der Waals surface area contributed by atoms with Gasteiger partial charge in [-0.15, -0.1) is 15.3 Å². The summed E-state index contributed by atoms with van der Waals surface area (Å²) in [5, 5.41) is 37.0. The van der Waals surface area contributed by atoms with Crippen LogP contribution in [0.2, 0.25) is 0 Å². The minimum Gasteiger partial charge on any atom is -0.491 e.